The molecule has 0 unspecified atom stereocenters. The Labute approximate surface area is 158 Å². The zero-order valence-electron chi connectivity index (χ0n) is 14.4. The van der Waals surface area contributed by atoms with Gasteiger partial charge in [0.05, 0.1) is 31.4 Å². The summed E-state index contributed by atoms with van der Waals surface area (Å²) in [5.41, 5.74) is 0. The van der Waals surface area contributed by atoms with E-state index in [4.69, 9.17) is 35.7 Å². The van der Waals surface area contributed by atoms with E-state index in [2.05, 4.69) is 21.3 Å². The second-order valence-corrected chi connectivity index (χ2v) is 4.17. The van der Waals surface area contributed by atoms with Crippen molar-refractivity contribution >= 4 is 0 Å². The van der Waals surface area contributed by atoms with E-state index in [-0.39, 0.29) is 29.7 Å². The van der Waals surface area contributed by atoms with Crippen molar-refractivity contribution in [2.45, 2.75) is 0 Å². The predicted octanol–water partition coefficient (Wildman–Crippen LogP) is -4.48. The number of hydrogen-bond acceptors (Lipinski definition) is 9. The number of nitrogens with zero attached hydrogens (tertiary/aromatic N) is 1. The van der Waals surface area contributed by atoms with Gasteiger partial charge in [-0.1, -0.05) is 0 Å². The molecule has 0 fully saturated rings. The van der Waals surface area contributed by atoms with Crippen LogP contribution in [0.3, 0.4) is 0 Å². The Morgan fingerprint density at radius 3 is 1.12 bits per heavy atom. The number of nitrogens with one attached hydrogen (secondary N) is 4. The van der Waals surface area contributed by atoms with Gasteiger partial charge in [0.25, 0.3) is 0 Å². The van der Waals surface area contributed by atoms with Crippen LogP contribution in [0.1, 0.15) is 0 Å². The molecule has 0 aromatic heterocycles. The summed E-state index contributed by atoms with van der Waals surface area (Å²) in [4.78, 5) is 8.25. The fourth-order valence-electron chi connectivity index (χ4n) is 1.19. The summed E-state index contributed by atoms with van der Waals surface area (Å²) < 4.78 is 0. The molecule has 0 aliphatic rings. The molecule has 12 nitrogen and oxygen atoms in total. The zero-order valence-corrected chi connectivity index (χ0v) is 15.4. The van der Waals surface area contributed by atoms with E-state index in [1.807, 2.05) is 0 Å². The van der Waals surface area contributed by atoms with Gasteiger partial charge in [-0.3, -0.25) is 0 Å². The van der Waals surface area contributed by atoms with Gasteiger partial charge in [0.2, 0.25) is 0 Å². The summed E-state index contributed by atoms with van der Waals surface area (Å²) in [5.74, 6) is 0. The van der Waals surface area contributed by atoms with Crippen molar-refractivity contribution in [1.29, 1.82) is 0 Å². The predicted molar refractivity (Wildman–Crippen MR) is 93.0 cm³/mol. The fraction of sp³-hybridized carbons (Fsp3) is 1.00. The molecule has 25 heavy (non-hydrogen) atoms. The fourth-order valence-corrected chi connectivity index (χ4v) is 1.19. The first-order chi connectivity index (χ1) is 11.6. The van der Waals surface area contributed by atoms with Crippen molar-refractivity contribution in [2.24, 2.45) is 0 Å². The minimum Gasteiger partial charge on any atom is -0.444 e. The summed E-state index contributed by atoms with van der Waals surface area (Å²) in [7, 11) is 0. The number of aliphatic hydroxyl groups excluding tert-OH is 2. The van der Waals surface area contributed by atoms with Crippen molar-refractivity contribution in [2.75, 3.05) is 78.8 Å². The smallest absolute Gasteiger partial charge is 0.444 e. The zero-order chi connectivity index (χ0) is 18.9. The van der Waals surface area contributed by atoms with Gasteiger partial charge in [-0.2, -0.15) is 0 Å². The van der Waals surface area contributed by atoms with Crippen LogP contribution in [0.15, 0.2) is 0 Å². The van der Waals surface area contributed by atoms with Crippen LogP contribution in [0.4, 0.5) is 0 Å². The Kier molecular flexibility index (Phi) is 44.5. The van der Waals surface area contributed by atoms with Crippen molar-refractivity contribution in [3.63, 3.8) is 0 Å². The molecule has 0 saturated heterocycles. The molecule has 0 rings (SSSR count). The SMILES string of the molecule is O=[N+]([O-])[O-].OCCNCCNCC[OH2+].OCCNCCNCC[OH2+].[Ni+2]. The molecular weight excluding hydrogens is 385 g/mol. The van der Waals surface area contributed by atoms with Crippen LogP contribution in [0.5, 0.6) is 0 Å². The third-order valence-electron chi connectivity index (χ3n) is 2.14. The molecule has 13 heteroatoms. The van der Waals surface area contributed by atoms with E-state index in [1.54, 1.807) is 0 Å². The summed E-state index contributed by atoms with van der Waals surface area (Å²) in [6.07, 6.45) is 0. The quantitative estimate of drug-likeness (QED) is 0.0528. The maximum atomic E-state index is 8.36. The first kappa shape index (κ1) is 32.1. The summed E-state index contributed by atoms with van der Waals surface area (Å²) in [5, 5.41) is 57.2. The normalized spacial score (nSPS) is 9.12. The van der Waals surface area contributed by atoms with E-state index >= 15 is 0 Å². The Morgan fingerprint density at radius 2 is 0.920 bits per heavy atom. The van der Waals surface area contributed by atoms with Gasteiger partial charge in [0, 0.05) is 39.3 Å². The van der Waals surface area contributed by atoms with Gasteiger partial charge < -0.3 is 57.0 Å². The second kappa shape index (κ2) is 34.7. The van der Waals surface area contributed by atoms with E-state index in [1.165, 1.54) is 0 Å². The summed E-state index contributed by atoms with van der Waals surface area (Å²) in [6, 6.07) is 0. The second-order valence-electron chi connectivity index (χ2n) is 4.17. The average molecular weight is 419 g/mol. The van der Waals surface area contributed by atoms with Gasteiger partial charge in [0.1, 0.15) is 0 Å². The van der Waals surface area contributed by atoms with Gasteiger partial charge in [-0.25, -0.2) is 0 Å². The Hall–Kier alpha value is -0.626. The number of rotatable bonds is 14. The monoisotopic (exact) mass is 418 g/mol. The van der Waals surface area contributed by atoms with Crippen LogP contribution >= 0.6 is 0 Å². The van der Waals surface area contributed by atoms with Gasteiger partial charge in [-0.15, -0.1) is 0 Å². The summed E-state index contributed by atoms with van der Waals surface area (Å²) in [6.45, 7) is 7.53. The van der Waals surface area contributed by atoms with Crippen LogP contribution in [-0.2, 0) is 16.5 Å². The Morgan fingerprint density at radius 1 is 0.680 bits per heavy atom. The minimum absolute atomic E-state index is 0. The molecule has 0 aromatic rings. The van der Waals surface area contributed by atoms with Crippen molar-refractivity contribution in [1.82, 2.24) is 21.3 Å². The van der Waals surface area contributed by atoms with Gasteiger partial charge >= 0.3 is 16.5 Å². The topological polar surface area (TPSA) is 201 Å². The van der Waals surface area contributed by atoms with Crippen molar-refractivity contribution < 1.29 is 42.0 Å². The standard InChI is InChI=1S/2C6H16N2O2.NO3.Ni/c2*9-5-3-7-1-2-8-4-6-10;2-1(3)4;/h2*7-10H,1-6H2;;/q;;-1;+2/p+2. The Balaban J connectivity index is -0.000000141. The van der Waals surface area contributed by atoms with Crippen LogP contribution in [-0.4, -0.2) is 104 Å². The minimum atomic E-state index is -1.75. The van der Waals surface area contributed by atoms with Crippen molar-refractivity contribution in [3.8, 4) is 0 Å². The molecule has 0 heterocycles. The van der Waals surface area contributed by atoms with Gasteiger partial charge in [0.15, 0.2) is 13.2 Å². The summed E-state index contributed by atoms with van der Waals surface area (Å²) >= 11 is 0. The molecule has 0 bridgehead atoms. The first-order valence-corrected chi connectivity index (χ1v) is 7.72. The molecular formula is C12H34N5NiO7+3. The number of aliphatic hydroxyl groups is 2. The third-order valence-corrected chi connectivity index (χ3v) is 2.14. The Bertz CT molecular complexity index is 198. The van der Waals surface area contributed by atoms with Crippen LogP contribution in [0, 0.1) is 15.3 Å². The number of hydrogen-bond donors (Lipinski definition) is 6. The molecule has 0 spiro atoms. The van der Waals surface area contributed by atoms with Crippen LogP contribution in [0.2, 0.25) is 0 Å². The first-order valence-electron chi connectivity index (χ1n) is 7.72. The molecule has 0 aliphatic carbocycles. The van der Waals surface area contributed by atoms with E-state index in [0.29, 0.717) is 26.3 Å². The van der Waals surface area contributed by atoms with E-state index in [9.17, 15) is 0 Å². The van der Waals surface area contributed by atoms with E-state index < -0.39 is 5.09 Å². The molecule has 0 radical (unpaired) electrons. The molecule has 0 aromatic carbocycles. The maximum Gasteiger partial charge on any atom is 2.00 e. The molecule has 0 atom stereocenters. The molecule has 156 valence electrons. The van der Waals surface area contributed by atoms with Crippen LogP contribution in [0.25, 0.3) is 0 Å². The van der Waals surface area contributed by atoms with E-state index in [0.717, 1.165) is 39.3 Å². The molecule has 0 amide bonds. The molecule has 0 aliphatic heterocycles. The van der Waals surface area contributed by atoms with Crippen LogP contribution < -0.4 is 21.3 Å². The van der Waals surface area contributed by atoms with Crippen molar-refractivity contribution in [3.05, 3.63) is 15.3 Å². The molecule has 10 N–H and O–H groups in total. The maximum absolute atomic E-state index is 8.36. The largest absolute Gasteiger partial charge is 2.00 e. The average Bonchev–Trinajstić information content (AvgIpc) is 2.54. The molecule has 0 saturated carbocycles. The third kappa shape index (κ3) is 59.7. The van der Waals surface area contributed by atoms with Gasteiger partial charge in [-0.05, 0) is 0 Å².